The number of piperazine rings is 1. The third-order valence-corrected chi connectivity index (χ3v) is 4.14. The number of carbonyl (C=O) groups is 1. The third-order valence-electron chi connectivity index (χ3n) is 4.14. The van der Waals surface area contributed by atoms with Crippen LogP contribution in [0.3, 0.4) is 0 Å². The number of aromatic nitrogens is 1. The Morgan fingerprint density at radius 1 is 1.22 bits per heavy atom. The normalized spacial score (nSPS) is 15.9. The molecule has 1 saturated heterocycles. The van der Waals surface area contributed by atoms with E-state index in [4.69, 9.17) is 4.52 Å². The molecule has 0 N–H and O–H groups in total. The first-order valence-electron chi connectivity index (χ1n) is 7.73. The highest BCUT2D eigenvalue weighted by Crippen LogP contribution is 2.14. The van der Waals surface area contributed by atoms with E-state index in [1.54, 1.807) is 24.0 Å². The summed E-state index contributed by atoms with van der Waals surface area (Å²) >= 11 is 0. The SMILES string of the molecule is Cc1cc(CN2CCN(C(=O)c3ccc(C)c(F)c3)CC2)no1. The van der Waals surface area contributed by atoms with Crippen LogP contribution in [0.5, 0.6) is 0 Å². The molecular weight excluding hydrogens is 297 g/mol. The minimum absolute atomic E-state index is 0.110. The molecule has 0 atom stereocenters. The van der Waals surface area contributed by atoms with Crippen molar-refractivity contribution in [3.8, 4) is 0 Å². The summed E-state index contributed by atoms with van der Waals surface area (Å²) in [4.78, 5) is 16.5. The number of rotatable bonds is 3. The highest BCUT2D eigenvalue weighted by molar-refractivity contribution is 5.94. The van der Waals surface area contributed by atoms with Gasteiger partial charge in [-0.25, -0.2) is 4.39 Å². The maximum atomic E-state index is 13.6. The van der Waals surface area contributed by atoms with Crippen molar-refractivity contribution in [1.29, 1.82) is 0 Å². The lowest BCUT2D eigenvalue weighted by Gasteiger charge is -2.34. The lowest BCUT2D eigenvalue weighted by Crippen LogP contribution is -2.48. The smallest absolute Gasteiger partial charge is 0.254 e. The molecule has 2 aromatic rings. The van der Waals surface area contributed by atoms with Gasteiger partial charge in [0, 0.05) is 44.4 Å². The zero-order valence-electron chi connectivity index (χ0n) is 13.4. The fourth-order valence-corrected chi connectivity index (χ4v) is 2.74. The van der Waals surface area contributed by atoms with Crippen LogP contribution in [0.2, 0.25) is 0 Å². The van der Waals surface area contributed by atoms with Gasteiger partial charge in [0.25, 0.3) is 5.91 Å². The van der Waals surface area contributed by atoms with Gasteiger partial charge in [0.15, 0.2) is 0 Å². The molecule has 122 valence electrons. The minimum atomic E-state index is -0.337. The second kappa shape index (κ2) is 6.50. The largest absolute Gasteiger partial charge is 0.361 e. The van der Waals surface area contributed by atoms with Crippen LogP contribution >= 0.6 is 0 Å². The number of nitrogens with zero attached hydrogens (tertiary/aromatic N) is 3. The molecule has 0 unspecified atom stereocenters. The molecule has 2 heterocycles. The van der Waals surface area contributed by atoms with Gasteiger partial charge in [-0.2, -0.15) is 0 Å². The Morgan fingerprint density at radius 3 is 2.57 bits per heavy atom. The van der Waals surface area contributed by atoms with E-state index in [0.29, 0.717) is 24.2 Å². The molecule has 1 aromatic carbocycles. The van der Waals surface area contributed by atoms with Crippen LogP contribution in [0.25, 0.3) is 0 Å². The fraction of sp³-hybridized carbons (Fsp3) is 0.412. The number of hydrogen-bond acceptors (Lipinski definition) is 4. The number of carbonyl (C=O) groups excluding carboxylic acids is 1. The number of halogens is 1. The number of aryl methyl sites for hydroxylation is 2. The Bertz CT molecular complexity index is 706. The van der Waals surface area contributed by atoms with E-state index >= 15 is 0 Å². The van der Waals surface area contributed by atoms with Gasteiger partial charge in [0.1, 0.15) is 11.6 Å². The predicted molar refractivity (Wildman–Crippen MR) is 83.6 cm³/mol. The number of amides is 1. The summed E-state index contributed by atoms with van der Waals surface area (Å²) in [5.74, 6) is 0.354. The van der Waals surface area contributed by atoms with Crippen molar-refractivity contribution < 1.29 is 13.7 Å². The van der Waals surface area contributed by atoms with E-state index in [-0.39, 0.29) is 11.7 Å². The van der Waals surface area contributed by atoms with Crippen molar-refractivity contribution in [2.45, 2.75) is 20.4 Å². The lowest BCUT2D eigenvalue weighted by atomic mass is 10.1. The summed E-state index contributed by atoms with van der Waals surface area (Å²) in [6.45, 7) is 7.08. The summed E-state index contributed by atoms with van der Waals surface area (Å²) < 4.78 is 18.7. The average Bonchev–Trinajstić information content (AvgIpc) is 2.95. The minimum Gasteiger partial charge on any atom is -0.361 e. The van der Waals surface area contributed by atoms with Crippen LogP contribution in [-0.4, -0.2) is 47.0 Å². The molecule has 0 aliphatic carbocycles. The molecule has 6 heteroatoms. The number of benzene rings is 1. The summed E-state index contributed by atoms with van der Waals surface area (Å²) in [6, 6.07) is 6.58. The van der Waals surface area contributed by atoms with E-state index in [1.807, 2.05) is 13.0 Å². The van der Waals surface area contributed by atoms with Gasteiger partial charge in [-0.15, -0.1) is 0 Å². The summed E-state index contributed by atoms with van der Waals surface area (Å²) in [5, 5.41) is 3.99. The molecule has 1 aliphatic heterocycles. The average molecular weight is 317 g/mol. The standard InChI is InChI=1S/C17H20FN3O2/c1-12-3-4-14(10-16(12)18)17(22)21-7-5-20(6-8-21)11-15-9-13(2)23-19-15/h3-4,9-10H,5-8,11H2,1-2H3. The molecule has 0 saturated carbocycles. The van der Waals surface area contributed by atoms with Gasteiger partial charge < -0.3 is 9.42 Å². The molecule has 5 nitrogen and oxygen atoms in total. The first kappa shape index (κ1) is 15.7. The highest BCUT2D eigenvalue weighted by atomic mass is 19.1. The topological polar surface area (TPSA) is 49.6 Å². The van der Waals surface area contributed by atoms with Gasteiger partial charge in [-0.3, -0.25) is 9.69 Å². The molecule has 23 heavy (non-hydrogen) atoms. The predicted octanol–water partition coefficient (Wildman–Crippen LogP) is 2.39. The van der Waals surface area contributed by atoms with Crippen LogP contribution in [0.15, 0.2) is 28.8 Å². The Labute approximate surface area is 134 Å². The quantitative estimate of drug-likeness (QED) is 0.872. The zero-order chi connectivity index (χ0) is 16.4. The van der Waals surface area contributed by atoms with Crippen molar-refractivity contribution in [2.24, 2.45) is 0 Å². The van der Waals surface area contributed by atoms with Gasteiger partial charge in [0.05, 0.1) is 5.69 Å². The number of hydrogen-bond donors (Lipinski definition) is 0. The van der Waals surface area contributed by atoms with Crippen molar-refractivity contribution in [1.82, 2.24) is 15.0 Å². The zero-order valence-corrected chi connectivity index (χ0v) is 13.4. The van der Waals surface area contributed by atoms with Crippen LogP contribution in [0, 0.1) is 19.7 Å². The maximum Gasteiger partial charge on any atom is 0.254 e. The first-order chi connectivity index (χ1) is 11.0. The van der Waals surface area contributed by atoms with E-state index in [1.165, 1.54) is 6.07 Å². The Hall–Kier alpha value is -2.21. The molecule has 1 fully saturated rings. The monoisotopic (exact) mass is 317 g/mol. The van der Waals surface area contributed by atoms with Crippen LogP contribution in [-0.2, 0) is 6.54 Å². The van der Waals surface area contributed by atoms with Gasteiger partial charge in [-0.1, -0.05) is 11.2 Å². The lowest BCUT2D eigenvalue weighted by molar-refractivity contribution is 0.0625. The van der Waals surface area contributed by atoms with Crippen molar-refractivity contribution in [3.05, 3.63) is 52.7 Å². The molecule has 0 radical (unpaired) electrons. The Balaban J connectivity index is 1.57. The first-order valence-corrected chi connectivity index (χ1v) is 7.73. The van der Waals surface area contributed by atoms with E-state index in [9.17, 15) is 9.18 Å². The Kier molecular flexibility index (Phi) is 4.43. The summed E-state index contributed by atoms with van der Waals surface area (Å²) in [7, 11) is 0. The van der Waals surface area contributed by atoms with Gasteiger partial charge in [-0.05, 0) is 31.5 Å². The molecule has 1 aliphatic rings. The third kappa shape index (κ3) is 3.59. The van der Waals surface area contributed by atoms with Gasteiger partial charge >= 0.3 is 0 Å². The Morgan fingerprint density at radius 2 is 1.96 bits per heavy atom. The second-order valence-electron chi connectivity index (χ2n) is 5.96. The van der Waals surface area contributed by atoms with Crippen LogP contribution < -0.4 is 0 Å². The van der Waals surface area contributed by atoms with E-state index in [2.05, 4.69) is 10.1 Å². The highest BCUT2D eigenvalue weighted by Gasteiger charge is 2.23. The molecule has 0 bridgehead atoms. The van der Waals surface area contributed by atoms with Gasteiger partial charge in [0.2, 0.25) is 0 Å². The summed E-state index contributed by atoms with van der Waals surface area (Å²) in [5.41, 5.74) is 1.87. The van der Waals surface area contributed by atoms with Crippen LogP contribution in [0.1, 0.15) is 27.4 Å². The molecule has 1 amide bonds. The second-order valence-corrected chi connectivity index (χ2v) is 5.96. The fourth-order valence-electron chi connectivity index (χ4n) is 2.74. The van der Waals surface area contributed by atoms with Crippen LogP contribution in [0.4, 0.5) is 4.39 Å². The molecule has 0 spiro atoms. The van der Waals surface area contributed by atoms with E-state index < -0.39 is 0 Å². The van der Waals surface area contributed by atoms with Crippen molar-refractivity contribution in [2.75, 3.05) is 26.2 Å². The van der Waals surface area contributed by atoms with Crippen molar-refractivity contribution in [3.63, 3.8) is 0 Å². The van der Waals surface area contributed by atoms with Crippen molar-refractivity contribution >= 4 is 5.91 Å². The molecule has 1 aromatic heterocycles. The summed E-state index contributed by atoms with van der Waals surface area (Å²) in [6.07, 6.45) is 0. The van der Waals surface area contributed by atoms with E-state index in [0.717, 1.165) is 31.1 Å². The molecule has 3 rings (SSSR count). The molecular formula is C17H20FN3O2. The maximum absolute atomic E-state index is 13.6.